The zero-order valence-corrected chi connectivity index (χ0v) is 13.0. The van der Waals surface area contributed by atoms with Crippen LogP contribution in [0.4, 0.5) is 5.69 Å². The molecular formula is C20H14ClNO. The first-order valence-electron chi connectivity index (χ1n) is 7.42. The Balaban J connectivity index is 1.96. The van der Waals surface area contributed by atoms with Crippen molar-refractivity contribution >= 4 is 23.0 Å². The summed E-state index contributed by atoms with van der Waals surface area (Å²) in [5, 5.41) is 12.3. The van der Waals surface area contributed by atoms with Gasteiger partial charge in [0.15, 0.2) is 5.60 Å². The van der Waals surface area contributed by atoms with E-state index in [1.165, 1.54) is 0 Å². The van der Waals surface area contributed by atoms with Crippen molar-refractivity contribution in [2.75, 3.05) is 0 Å². The lowest BCUT2D eigenvalue weighted by Crippen LogP contribution is -2.34. The maximum absolute atomic E-state index is 11.6. The topological polar surface area (TPSA) is 32.6 Å². The number of benzene rings is 3. The highest BCUT2D eigenvalue weighted by atomic mass is 35.5. The second-order valence-corrected chi connectivity index (χ2v) is 6.00. The number of rotatable bonds is 2. The number of hydrogen-bond acceptors (Lipinski definition) is 2. The molecule has 0 aromatic heterocycles. The van der Waals surface area contributed by atoms with Crippen molar-refractivity contribution in [3.05, 3.63) is 101 Å². The molecule has 1 heterocycles. The summed E-state index contributed by atoms with van der Waals surface area (Å²) in [6.07, 6.45) is 0. The predicted molar refractivity (Wildman–Crippen MR) is 93.5 cm³/mol. The highest BCUT2D eigenvalue weighted by molar-refractivity contribution is 6.30. The van der Waals surface area contributed by atoms with Gasteiger partial charge in [0.1, 0.15) is 0 Å². The molecule has 0 saturated heterocycles. The van der Waals surface area contributed by atoms with Gasteiger partial charge in [0.2, 0.25) is 0 Å². The number of hydrogen-bond donors (Lipinski definition) is 1. The number of aliphatic imine (C=N–C) groups is 1. The summed E-state index contributed by atoms with van der Waals surface area (Å²) in [4.78, 5) is 4.70. The Labute approximate surface area is 139 Å². The molecule has 1 atom stereocenters. The van der Waals surface area contributed by atoms with Crippen LogP contribution in [0.1, 0.15) is 16.7 Å². The molecule has 112 valence electrons. The third-order valence-corrected chi connectivity index (χ3v) is 4.43. The average Bonchev–Trinajstić information content (AvgIpc) is 2.91. The van der Waals surface area contributed by atoms with Crippen LogP contribution < -0.4 is 0 Å². The third kappa shape index (κ3) is 2.19. The van der Waals surface area contributed by atoms with E-state index in [4.69, 9.17) is 16.6 Å². The van der Waals surface area contributed by atoms with Gasteiger partial charge in [0, 0.05) is 10.6 Å². The number of halogens is 1. The number of nitrogens with zero attached hydrogens (tertiary/aromatic N) is 1. The van der Waals surface area contributed by atoms with Crippen molar-refractivity contribution in [1.29, 1.82) is 0 Å². The maximum atomic E-state index is 11.6. The molecule has 1 aliphatic heterocycles. The summed E-state index contributed by atoms with van der Waals surface area (Å²) in [5.74, 6) is 0. The van der Waals surface area contributed by atoms with Gasteiger partial charge in [-0.05, 0) is 29.3 Å². The Morgan fingerprint density at radius 1 is 0.783 bits per heavy atom. The summed E-state index contributed by atoms with van der Waals surface area (Å²) >= 11 is 5.99. The molecule has 0 fully saturated rings. The van der Waals surface area contributed by atoms with E-state index < -0.39 is 5.60 Å². The molecule has 0 radical (unpaired) electrons. The molecule has 1 aliphatic rings. The monoisotopic (exact) mass is 319 g/mol. The van der Waals surface area contributed by atoms with Crippen molar-refractivity contribution in [3.63, 3.8) is 0 Å². The van der Waals surface area contributed by atoms with E-state index >= 15 is 0 Å². The first kappa shape index (κ1) is 14.2. The number of aliphatic hydroxyl groups is 1. The highest BCUT2D eigenvalue weighted by Crippen LogP contribution is 2.44. The van der Waals surface area contributed by atoms with Crippen LogP contribution in [0.5, 0.6) is 0 Å². The van der Waals surface area contributed by atoms with Crippen LogP contribution in [0.15, 0.2) is 83.9 Å². The van der Waals surface area contributed by atoms with E-state index in [0.29, 0.717) is 10.7 Å². The molecule has 3 heteroatoms. The lowest BCUT2D eigenvalue weighted by atomic mass is 9.81. The van der Waals surface area contributed by atoms with Gasteiger partial charge in [-0.2, -0.15) is 0 Å². The Hall–Kier alpha value is -2.42. The lowest BCUT2D eigenvalue weighted by molar-refractivity contribution is 0.160. The van der Waals surface area contributed by atoms with Crippen LogP contribution in [-0.2, 0) is 5.60 Å². The quantitative estimate of drug-likeness (QED) is 0.729. The molecule has 3 aromatic carbocycles. The highest BCUT2D eigenvalue weighted by Gasteiger charge is 2.43. The second kappa shape index (κ2) is 5.34. The number of fused-ring (bicyclic) bond motifs is 1. The van der Waals surface area contributed by atoms with Gasteiger partial charge >= 0.3 is 0 Å². The molecule has 1 N–H and O–H groups in total. The van der Waals surface area contributed by atoms with Gasteiger partial charge in [-0.15, -0.1) is 0 Å². The third-order valence-electron chi connectivity index (χ3n) is 4.18. The van der Waals surface area contributed by atoms with E-state index in [-0.39, 0.29) is 0 Å². The van der Waals surface area contributed by atoms with Gasteiger partial charge in [-0.1, -0.05) is 72.3 Å². The van der Waals surface area contributed by atoms with E-state index in [9.17, 15) is 5.11 Å². The standard InChI is InChI=1S/C20H14ClNO/c21-16-12-10-14(11-13-16)19-20(23,15-6-2-1-3-7-15)17-8-4-5-9-18(17)22-19/h1-13,23H. The minimum atomic E-state index is -1.26. The largest absolute Gasteiger partial charge is 0.374 e. The first-order valence-corrected chi connectivity index (χ1v) is 7.80. The molecule has 0 aliphatic carbocycles. The van der Waals surface area contributed by atoms with Crippen molar-refractivity contribution in [1.82, 2.24) is 0 Å². The second-order valence-electron chi connectivity index (χ2n) is 5.56. The van der Waals surface area contributed by atoms with Gasteiger partial charge in [-0.25, -0.2) is 4.99 Å². The molecule has 23 heavy (non-hydrogen) atoms. The first-order chi connectivity index (χ1) is 11.2. The Morgan fingerprint density at radius 3 is 2.17 bits per heavy atom. The molecular weight excluding hydrogens is 306 g/mol. The SMILES string of the molecule is OC1(c2ccccc2)C(c2ccc(Cl)cc2)=Nc2ccccc21. The van der Waals surface area contributed by atoms with Crippen LogP contribution in [0.3, 0.4) is 0 Å². The fourth-order valence-electron chi connectivity index (χ4n) is 3.06. The minimum Gasteiger partial charge on any atom is -0.374 e. The van der Waals surface area contributed by atoms with E-state index in [1.54, 1.807) is 0 Å². The maximum Gasteiger partial charge on any atom is 0.160 e. The van der Waals surface area contributed by atoms with Gasteiger partial charge in [-0.3, -0.25) is 0 Å². The van der Waals surface area contributed by atoms with Crippen molar-refractivity contribution in [3.8, 4) is 0 Å². The zero-order valence-electron chi connectivity index (χ0n) is 12.3. The Bertz CT molecular complexity index is 887. The normalized spacial score (nSPS) is 19.3. The zero-order chi connectivity index (χ0) is 15.9. The van der Waals surface area contributed by atoms with Crippen molar-refractivity contribution in [2.45, 2.75) is 5.60 Å². The molecule has 1 unspecified atom stereocenters. The molecule has 0 amide bonds. The van der Waals surface area contributed by atoms with Gasteiger partial charge in [0.25, 0.3) is 0 Å². The van der Waals surface area contributed by atoms with Crippen LogP contribution in [-0.4, -0.2) is 10.8 Å². The average molecular weight is 320 g/mol. The van der Waals surface area contributed by atoms with E-state index in [1.807, 2.05) is 78.9 Å². The lowest BCUT2D eigenvalue weighted by Gasteiger charge is -2.27. The summed E-state index contributed by atoms with van der Waals surface area (Å²) in [7, 11) is 0. The summed E-state index contributed by atoms with van der Waals surface area (Å²) in [6, 6.07) is 24.7. The Kier molecular flexibility index (Phi) is 3.29. The molecule has 2 nitrogen and oxygen atoms in total. The molecule has 0 spiro atoms. The van der Waals surface area contributed by atoms with Crippen LogP contribution >= 0.6 is 11.6 Å². The summed E-state index contributed by atoms with van der Waals surface area (Å²) in [5.41, 5.74) is 2.63. The summed E-state index contributed by atoms with van der Waals surface area (Å²) < 4.78 is 0. The predicted octanol–water partition coefficient (Wildman–Crippen LogP) is 4.71. The van der Waals surface area contributed by atoms with Gasteiger partial charge < -0.3 is 5.11 Å². The molecule has 4 rings (SSSR count). The molecule has 3 aromatic rings. The Morgan fingerprint density at radius 2 is 1.43 bits per heavy atom. The molecule has 0 bridgehead atoms. The fourth-order valence-corrected chi connectivity index (χ4v) is 3.18. The van der Waals surface area contributed by atoms with Crippen molar-refractivity contribution < 1.29 is 5.11 Å². The van der Waals surface area contributed by atoms with Crippen LogP contribution in [0.2, 0.25) is 5.02 Å². The van der Waals surface area contributed by atoms with E-state index in [0.717, 1.165) is 22.4 Å². The minimum absolute atomic E-state index is 0.626. The van der Waals surface area contributed by atoms with Crippen LogP contribution in [0, 0.1) is 0 Å². The summed E-state index contributed by atoms with van der Waals surface area (Å²) in [6.45, 7) is 0. The molecule has 0 saturated carbocycles. The van der Waals surface area contributed by atoms with Crippen molar-refractivity contribution in [2.24, 2.45) is 4.99 Å². The fraction of sp³-hybridized carbons (Fsp3) is 0.0500. The smallest absolute Gasteiger partial charge is 0.160 e. The van der Waals surface area contributed by atoms with E-state index in [2.05, 4.69) is 0 Å². The van der Waals surface area contributed by atoms with Crippen LogP contribution in [0.25, 0.3) is 0 Å². The van der Waals surface area contributed by atoms with Gasteiger partial charge in [0.05, 0.1) is 11.4 Å². The number of para-hydroxylation sites is 1.